The molecular formula is C10H14BrNOS. The van der Waals surface area contributed by atoms with E-state index >= 15 is 0 Å². The Kier molecular flexibility index (Phi) is 3.72. The van der Waals surface area contributed by atoms with Gasteiger partial charge in [-0.25, -0.2) is 0 Å². The zero-order chi connectivity index (χ0) is 10.9. The lowest BCUT2D eigenvalue weighted by Gasteiger charge is -2.20. The molecule has 0 aromatic carbocycles. The molecule has 14 heavy (non-hydrogen) atoms. The predicted octanol–water partition coefficient (Wildman–Crippen LogP) is 3.30. The Morgan fingerprint density at radius 1 is 1.57 bits per heavy atom. The summed E-state index contributed by atoms with van der Waals surface area (Å²) < 4.78 is 1.04. The van der Waals surface area contributed by atoms with Crippen LogP contribution in [0.3, 0.4) is 0 Å². The van der Waals surface area contributed by atoms with Crippen molar-refractivity contribution in [1.82, 2.24) is 4.90 Å². The Labute approximate surface area is 97.1 Å². The minimum absolute atomic E-state index is 0.0961. The van der Waals surface area contributed by atoms with Gasteiger partial charge in [0, 0.05) is 13.1 Å². The highest BCUT2D eigenvalue weighted by molar-refractivity contribution is 9.11. The van der Waals surface area contributed by atoms with E-state index in [9.17, 15) is 4.79 Å². The molecule has 0 spiro atoms. The Morgan fingerprint density at radius 3 is 2.50 bits per heavy atom. The predicted molar refractivity (Wildman–Crippen MR) is 64.0 cm³/mol. The lowest BCUT2D eigenvalue weighted by atomic mass is 10.3. The number of amides is 1. The van der Waals surface area contributed by atoms with Crippen molar-refractivity contribution in [2.24, 2.45) is 0 Å². The second-order valence-corrected chi connectivity index (χ2v) is 5.95. The van der Waals surface area contributed by atoms with Gasteiger partial charge in [0.15, 0.2) is 0 Å². The lowest BCUT2D eigenvalue weighted by molar-refractivity contribution is 0.0760. The van der Waals surface area contributed by atoms with E-state index in [-0.39, 0.29) is 11.9 Å². The van der Waals surface area contributed by atoms with Gasteiger partial charge in [0.25, 0.3) is 5.91 Å². The fourth-order valence-corrected chi connectivity index (χ4v) is 2.49. The number of hydrogen-bond donors (Lipinski definition) is 0. The van der Waals surface area contributed by atoms with Gasteiger partial charge in [0.2, 0.25) is 0 Å². The zero-order valence-electron chi connectivity index (χ0n) is 8.80. The van der Waals surface area contributed by atoms with E-state index in [1.807, 2.05) is 33.9 Å². The monoisotopic (exact) mass is 275 g/mol. The number of carbonyl (C=O) groups is 1. The second-order valence-electron chi connectivity index (χ2n) is 3.58. The van der Waals surface area contributed by atoms with Crippen molar-refractivity contribution >= 4 is 33.2 Å². The molecule has 1 rings (SSSR count). The van der Waals surface area contributed by atoms with Crippen LogP contribution in [0, 0.1) is 6.92 Å². The molecule has 0 atom stereocenters. The minimum Gasteiger partial charge on any atom is -0.339 e. The third-order valence-corrected chi connectivity index (χ3v) is 4.29. The van der Waals surface area contributed by atoms with E-state index in [0.717, 1.165) is 14.2 Å². The van der Waals surface area contributed by atoms with Crippen molar-refractivity contribution in [3.8, 4) is 0 Å². The first-order valence-electron chi connectivity index (χ1n) is 4.46. The minimum atomic E-state index is 0.0961. The first kappa shape index (κ1) is 11.7. The third kappa shape index (κ3) is 2.36. The summed E-state index contributed by atoms with van der Waals surface area (Å²) in [7, 11) is 1.83. The standard InChI is InChI=1S/C10H14BrNOS/c1-6(2)12(4)10(13)8-5-7(3)9(11)14-8/h5-6H,1-4H3. The molecule has 0 bridgehead atoms. The van der Waals surface area contributed by atoms with Gasteiger partial charge in [-0.3, -0.25) is 4.79 Å². The van der Waals surface area contributed by atoms with Crippen LogP contribution in [0.5, 0.6) is 0 Å². The van der Waals surface area contributed by atoms with E-state index in [0.29, 0.717) is 0 Å². The summed E-state index contributed by atoms with van der Waals surface area (Å²) in [6.45, 7) is 6.01. The Bertz CT molecular complexity index is 326. The average molecular weight is 276 g/mol. The summed E-state index contributed by atoms with van der Waals surface area (Å²) in [5.74, 6) is 0.0961. The lowest BCUT2D eigenvalue weighted by Crippen LogP contribution is -2.32. The summed E-state index contributed by atoms with van der Waals surface area (Å²) in [6, 6.07) is 2.17. The summed E-state index contributed by atoms with van der Waals surface area (Å²) >= 11 is 4.91. The van der Waals surface area contributed by atoms with Gasteiger partial charge in [0.1, 0.15) is 0 Å². The number of halogens is 1. The van der Waals surface area contributed by atoms with Crippen molar-refractivity contribution in [3.05, 3.63) is 20.3 Å². The molecule has 0 radical (unpaired) electrons. The molecule has 0 unspecified atom stereocenters. The maximum absolute atomic E-state index is 11.9. The van der Waals surface area contributed by atoms with E-state index in [4.69, 9.17) is 0 Å². The van der Waals surface area contributed by atoms with Crippen LogP contribution in [0.2, 0.25) is 0 Å². The van der Waals surface area contributed by atoms with Crippen molar-refractivity contribution < 1.29 is 4.79 Å². The average Bonchev–Trinajstić information content (AvgIpc) is 2.44. The third-order valence-electron chi connectivity index (χ3n) is 2.16. The van der Waals surface area contributed by atoms with Gasteiger partial charge in [-0.05, 0) is 48.3 Å². The van der Waals surface area contributed by atoms with Crippen LogP contribution in [-0.2, 0) is 0 Å². The maximum Gasteiger partial charge on any atom is 0.263 e. The van der Waals surface area contributed by atoms with Crippen LogP contribution in [0.15, 0.2) is 9.85 Å². The molecule has 1 amide bonds. The molecule has 0 N–H and O–H groups in total. The van der Waals surface area contributed by atoms with Gasteiger partial charge in [-0.1, -0.05) is 0 Å². The molecule has 2 nitrogen and oxygen atoms in total. The van der Waals surface area contributed by atoms with Crippen LogP contribution in [0.1, 0.15) is 29.1 Å². The van der Waals surface area contributed by atoms with Crippen LogP contribution in [0.25, 0.3) is 0 Å². The topological polar surface area (TPSA) is 20.3 Å². The van der Waals surface area contributed by atoms with Crippen LogP contribution >= 0.6 is 27.3 Å². The van der Waals surface area contributed by atoms with E-state index < -0.39 is 0 Å². The number of thiophene rings is 1. The number of nitrogens with zero attached hydrogens (tertiary/aromatic N) is 1. The number of rotatable bonds is 2. The molecule has 1 heterocycles. The molecule has 4 heteroatoms. The normalized spacial score (nSPS) is 10.7. The van der Waals surface area contributed by atoms with Crippen molar-refractivity contribution in [2.45, 2.75) is 26.8 Å². The van der Waals surface area contributed by atoms with Crippen molar-refractivity contribution in [3.63, 3.8) is 0 Å². The number of aryl methyl sites for hydroxylation is 1. The van der Waals surface area contributed by atoms with Gasteiger partial charge in [-0.2, -0.15) is 0 Å². The number of hydrogen-bond acceptors (Lipinski definition) is 2. The highest BCUT2D eigenvalue weighted by atomic mass is 79.9. The molecule has 0 fully saturated rings. The van der Waals surface area contributed by atoms with Crippen LogP contribution in [0.4, 0.5) is 0 Å². The Balaban J connectivity index is 2.90. The first-order valence-corrected chi connectivity index (χ1v) is 6.07. The Morgan fingerprint density at radius 2 is 2.14 bits per heavy atom. The molecule has 0 aliphatic heterocycles. The molecule has 78 valence electrons. The van der Waals surface area contributed by atoms with Gasteiger partial charge >= 0.3 is 0 Å². The quantitative estimate of drug-likeness (QED) is 0.811. The molecule has 0 aliphatic rings. The molecular weight excluding hydrogens is 262 g/mol. The number of carbonyl (C=O) groups excluding carboxylic acids is 1. The largest absolute Gasteiger partial charge is 0.339 e. The highest BCUT2D eigenvalue weighted by Gasteiger charge is 2.17. The summed E-state index contributed by atoms with van der Waals surface area (Å²) in [4.78, 5) is 14.4. The summed E-state index contributed by atoms with van der Waals surface area (Å²) in [5, 5.41) is 0. The second kappa shape index (κ2) is 4.45. The van der Waals surface area contributed by atoms with Gasteiger partial charge in [-0.15, -0.1) is 11.3 Å². The van der Waals surface area contributed by atoms with Crippen LogP contribution < -0.4 is 0 Å². The molecule has 1 aromatic rings. The SMILES string of the molecule is Cc1cc(C(=O)N(C)C(C)C)sc1Br. The first-order chi connectivity index (χ1) is 6.43. The molecule has 0 saturated carbocycles. The maximum atomic E-state index is 11.9. The highest BCUT2D eigenvalue weighted by Crippen LogP contribution is 2.28. The zero-order valence-corrected chi connectivity index (χ0v) is 11.2. The van der Waals surface area contributed by atoms with E-state index in [2.05, 4.69) is 15.9 Å². The molecule has 0 saturated heterocycles. The van der Waals surface area contributed by atoms with Crippen molar-refractivity contribution in [2.75, 3.05) is 7.05 Å². The fraction of sp³-hybridized carbons (Fsp3) is 0.500. The molecule has 0 aliphatic carbocycles. The van der Waals surface area contributed by atoms with Gasteiger partial charge in [0.05, 0.1) is 8.66 Å². The summed E-state index contributed by atoms with van der Waals surface area (Å²) in [6.07, 6.45) is 0. The van der Waals surface area contributed by atoms with Gasteiger partial charge < -0.3 is 4.90 Å². The van der Waals surface area contributed by atoms with Crippen molar-refractivity contribution in [1.29, 1.82) is 0 Å². The van der Waals surface area contributed by atoms with E-state index in [1.165, 1.54) is 11.3 Å². The molecule has 1 aromatic heterocycles. The Hall–Kier alpha value is -0.350. The summed E-state index contributed by atoms with van der Waals surface area (Å²) in [5.41, 5.74) is 1.12. The fourth-order valence-electron chi connectivity index (χ4n) is 0.974. The van der Waals surface area contributed by atoms with Crippen LogP contribution in [-0.4, -0.2) is 23.9 Å². The van der Waals surface area contributed by atoms with E-state index in [1.54, 1.807) is 4.90 Å². The smallest absolute Gasteiger partial charge is 0.263 e.